The molecule has 3 atom stereocenters. The summed E-state index contributed by atoms with van der Waals surface area (Å²) in [5, 5.41) is 8.79. The summed E-state index contributed by atoms with van der Waals surface area (Å²) in [5.41, 5.74) is 2.55. The second kappa shape index (κ2) is 11.5. The molecule has 1 saturated carbocycles. The Morgan fingerprint density at radius 2 is 1.49 bits per heavy atom. The van der Waals surface area contributed by atoms with Crippen molar-refractivity contribution in [2.45, 2.75) is 30.3 Å². The van der Waals surface area contributed by atoms with Gasteiger partial charge in [0, 0.05) is 23.0 Å². The third-order valence-corrected chi connectivity index (χ3v) is 8.23. The van der Waals surface area contributed by atoms with Gasteiger partial charge in [-0.3, -0.25) is 14.4 Å². The summed E-state index contributed by atoms with van der Waals surface area (Å²) in [7, 11) is 0. The van der Waals surface area contributed by atoms with E-state index in [9.17, 15) is 18.8 Å². The molecule has 204 valence electrons. The van der Waals surface area contributed by atoms with E-state index in [4.69, 9.17) is 58.0 Å². The predicted molar refractivity (Wildman–Crippen MR) is 156 cm³/mol. The molecule has 4 rings (SSSR count). The molecule has 0 heterocycles. The van der Waals surface area contributed by atoms with Gasteiger partial charge in [0.15, 0.2) is 6.17 Å². The van der Waals surface area contributed by atoms with Gasteiger partial charge in [-0.25, -0.2) is 4.39 Å². The van der Waals surface area contributed by atoms with Crippen molar-refractivity contribution < 1.29 is 18.8 Å². The zero-order chi connectivity index (χ0) is 28.6. The van der Waals surface area contributed by atoms with Crippen LogP contribution in [0.15, 0.2) is 54.6 Å². The van der Waals surface area contributed by atoms with Crippen LogP contribution >= 0.6 is 58.0 Å². The van der Waals surface area contributed by atoms with Crippen molar-refractivity contribution in [2.75, 3.05) is 16.0 Å². The maximum absolute atomic E-state index is 13.1. The minimum Gasteiger partial charge on any atom is -0.326 e. The number of hydrogen-bond donors (Lipinski definition) is 3. The Morgan fingerprint density at radius 3 is 2.13 bits per heavy atom. The zero-order valence-electron chi connectivity index (χ0n) is 20.4. The van der Waals surface area contributed by atoms with Crippen LogP contribution in [-0.2, 0) is 9.59 Å². The molecule has 3 amide bonds. The number of carbonyl (C=O) groups is 3. The number of amides is 3. The Kier molecular flexibility index (Phi) is 8.69. The Bertz CT molecular complexity index is 1480. The first-order valence-corrected chi connectivity index (χ1v) is 13.5. The van der Waals surface area contributed by atoms with Gasteiger partial charge in [0.1, 0.15) is 4.33 Å². The molecule has 3 aromatic rings. The lowest BCUT2D eigenvalue weighted by Gasteiger charge is -2.13. The van der Waals surface area contributed by atoms with Crippen LogP contribution in [0.5, 0.6) is 0 Å². The molecule has 0 saturated heterocycles. The van der Waals surface area contributed by atoms with Crippen molar-refractivity contribution in [3.8, 4) is 0 Å². The lowest BCUT2D eigenvalue weighted by molar-refractivity contribution is -0.120. The fourth-order valence-corrected chi connectivity index (χ4v) is 5.42. The number of benzene rings is 3. The van der Waals surface area contributed by atoms with Gasteiger partial charge < -0.3 is 16.0 Å². The number of halogens is 6. The minimum atomic E-state index is -1.66. The van der Waals surface area contributed by atoms with E-state index in [1.807, 2.05) is 0 Å². The second-order valence-corrected chi connectivity index (χ2v) is 11.7. The molecule has 0 aliphatic heterocycles. The summed E-state index contributed by atoms with van der Waals surface area (Å²) >= 11 is 31.2. The Morgan fingerprint density at radius 1 is 0.846 bits per heavy atom. The molecule has 3 aromatic carbocycles. The first-order valence-electron chi connectivity index (χ1n) is 11.6. The molecule has 3 unspecified atom stereocenters. The van der Waals surface area contributed by atoms with E-state index >= 15 is 0 Å². The van der Waals surface area contributed by atoms with Crippen molar-refractivity contribution in [1.82, 2.24) is 0 Å². The third kappa shape index (κ3) is 6.44. The van der Waals surface area contributed by atoms with E-state index in [-0.39, 0.29) is 10.6 Å². The summed E-state index contributed by atoms with van der Waals surface area (Å²) in [4.78, 5) is 37.7. The zero-order valence-corrected chi connectivity index (χ0v) is 24.2. The molecule has 12 heteroatoms. The largest absolute Gasteiger partial charge is 0.326 e. The monoisotopic (exact) mass is 629 g/mol. The van der Waals surface area contributed by atoms with Crippen LogP contribution in [0.4, 0.5) is 21.5 Å². The van der Waals surface area contributed by atoms with Gasteiger partial charge in [0.25, 0.3) is 11.8 Å². The summed E-state index contributed by atoms with van der Waals surface area (Å²) in [6, 6.07) is 14.1. The van der Waals surface area contributed by atoms with Crippen LogP contribution in [0.3, 0.4) is 0 Å². The maximum atomic E-state index is 13.1. The summed E-state index contributed by atoms with van der Waals surface area (Å²) in [5.74, 6) is -3.02. The topological polar surface area (TPSA) is 87.3 Å². The summed E-state index contributed by atoms with van der Waals surface area (Å²) in [6.45, 7) is 2.85. The van der Waals surface area contributed by atoms with Crippen LogP contribution in [-0.4, -0.2) is 28.2 Å². The standard InChI is InChI=1S/C27H21Cl5FN3O3/c1-12-9-15(34-24(37)13(2)33)5-8-21(12)36-25(38)17-11-16(4-7-18(17)28)35-26(39)23-22(27(23,31)32)14-3-6-19(29)20(30)10-14/h3-11,13,22-23H,1-2H3,(H,34,37)(H,35,39)(H,36,38). The molecule has 1 aliphatic carbocycles. The van der Waals surface area contributed by atoms with Crippen LogP contribution in [0.2, 0.25) is 15.1 Å². The van der Waals surface area contributed by atoms with Crippen molar-refractivity contribution >= 4 is 92.8 Å². The van der Waals surface area contributed by atoms with Crippen LogP contribution in [0.25, 0.3) is 0 Å². The lowest BCUT2D eigenvalue weighted by Crippen LogP contribution is -2.21. The van der Waals surface area contributed by atoms with Crippen LogP contribution in [0, 0.1) is 12.8 Å². The van der Waals surface area contributed by atoms with Gasteiger partial charge in [-0.15, -0.1) is 23.2 Å². The van der Waals surface area contributed by atoms with E-state index < -0.39 is 40.1 Å². The van der Waals surface area contributed by atoms with E-state index in [1.165, 1.54) is 18.2 Å². The molecule has 0 spiro atoms. The van der Waals surface area contributed by atoms with Gasteiger partial charge in [0.05, 0.1) is 26.5 Å². The molecule has 39 heavy (non-hydrogen) atoms. The molecule has 3 N–H and O–H groups in total. The number of nitrogens with one attached hydrogen (secondary N) is 3. The molecule has 6 nitrogen and oxygen atoms in total. The van der Waals surface area contributed by atoms with Crippen LogP contribution in [0.1, 0.15) is 34.3 Å². The van der Waals surface area contributed by atoms with Crippen LogP contribution < -0.4 is 16.0 Å². The van der Waals surface area contributed by atoms with E-state index in [0.717, 1.165) is 6.92 Å². The number of carbonyl (C=O) groups excluding carboxylic acids is 3. The number of alkyl halides is 3. The summed E-state index contributed by atoms with van der Waals surface area (Å²) < 4.78 is 11.8. The molecular weight excluding hydrogens is 611 g/mol. The highest BCUT2D eigenvalue weighted by Crippen LogP contribution is 2.65. The van der Waals surface area contributed by atoms with Crippen molar-refractivity contribution in [1.29, 1.82) is 0 Å². The van der Waals surface area contributed by atoms with Crippen molar-refractivity contribution in [3.05, 3.63) is 86.4 Å². The normalized spacial score (nSPS) is 18.2. The average Bonchev–Trinajstić information content (AvgIpc) is 3.45. The number of rotatable bonds is 7. The summed E-state index contributed by atoms with van der Waals surface area (Å²) in [6.07, 6.45) is -1.66. The van der Waals surface area contributed by atoms with Crippen molar-refractivity contribution in [3.63, 3.8) is 0 Å². The predicted octanol–water partition coefficient (Wildman–Crippen LogP) is 8.03. The molecule has 1 aliphatic rings. The number of hydrogen-bond acceptors (Lipinski definition) is 3. The molecule has 0 bridgehead atoms. The van der Waals surface area contributed by atoms with Gasteiger partial charge >= 0.3 is 0 Å². The third-order valence-electron chi connectivity index (χ3n) is 6.22. The van der Waals surface area contributed by atoms with E-state index in [2.05, 4.69) is 16.0 Å². The van der Waals surface area contributed by atoms with E-state index in [1.54, 1.807) is 43.3 Å². The fourth-order valence-electron chi connectivity index (χ4n) is 4.08. The highest BCUT2D eigenvalue weighted by atomic mass is 35.5. The van der Waals surface area contributed by atoms with Crippen molar-refractivity contribution in [2.24, 2.45) is 5.92 Å². The Balaban J connectivity index is 1.47. The smallest absolute Gasteiger partial charge is 0.258 e. The molecule has 0 radical (unpaired) electrons. The van der Waals surface area contributed by atoms with E-state index in [0.29, 0.717) is 38.2 Å². The van der Waals surface area contributed by atoms with Gasteiger partial charge in [-0.05, 0) is 73.5 Å². The molecule has 0 aromatic heterocycles. The quantitative estimate of drug-likeness (QED) is 0.231. The highest BCUT2D eigenvalue weighted by Gasteiger charge is 2.67. The number of aryl methyl sites for hydroxylation is 1. The first-order chi connectivity index (χ1) is 18.3. The average molecular weight is 632 g/mol. The SMILES string of the molecule is Cc1cc(NC(=O)C(C)F)ccc1NC(=O)c1cc(NC(=O)C2C(c3ccc(Cl)c(Cl)c3)C2(Cl)Cl)ccc1Cl. The number of anilines is 3. The first kappa shape index (κ1) is 29.4. The van der Waals surface area contributed by atoms with Gasteiger partial charge in [0.2, 0.25) is 5.91 Å². The molecular formula is C27H21Cl5FN3O3. The Hall–Kier alpha value is -2.55. The maximum Gasteiger partial charge on any atom is 0.258 e. The Labute approximate surface area is 249 Å². The van der Waals surface area contributed by atoms with Gasteiger partial charge in [-0.1, -0.05) is 40.9 Å². The highest BCUT2D eigenvalue weighted by molar-refractivity contribution is 6.53. The minimum absolute atomic E-state index is 0.109. The fraction of sp³-hybridized carbons (Fsp3) is 0.222. The second-order valence-electron chi connectivity index (χ2n) is 9.08. The lowest BCUT2D eigenvalue weighted by atomic mass is 10.1. The van der Waals surface area contributed by atoms with Gasteiger partial charge in [-0.2, -0.15) is 0 Å². The molecule has 1 fully saturated rings.